The molecule has 32 heavy (non-hydrogen) atoms. The molecule has 0 spiro atoms. The van der Waals surface area contributed by atoms with E-state index in [2.05, 4.69) is 41.4 Å². The second-order valence-electron chi connectivity index (χ2n) is 9.47. The third kappa shape index (κ3) is 6.17. The second kappa shape index (κ2) is 10.3. The summed E-state index contributed by atoms with van der Waals surface area (Å²) in [6.45, 7) is 11.1. The van der Waals surface area contributed by atoms with E-state index in [-0.39, 0.29) is 12.0 Å². The number of hydrogen-bond donors (Lipinski definition) is 1. The van der Waals surface area contributed by atoms with Crippen molar-refractivity contribution < 1.29 is 8.42 Å². The minimum atomic E-state index is -3.33. The van der Waals surface area contributed by atoms with Crippen molar-refractivity contribution in [3.63, 3.8) is 0 Å². The van der Waals surface area contributed by atoms with Crippen LogP contribution in [0.2, 0.25) is 0 Å². The predicted octanol–water partition coefficient (Wildman–Crippen LogP) is 2.63. The van der Waals surface area contributed by atoms with Gasteiger partial charge in [0.25, 0.3) is 0 Å². The maximum absolute atomic E-state index is 11.9. The highest BCUT2D eigenvalue weighted by Gasteiger charge is 2.28. The van der Waals surface area contributed by atoms with E-state index < -0.39 is 10.0 Å². The smallest absolute Gasteiger partial charge is 0.209 e. The summed E-state index contributed by atoms with van der Waals surface area (Å²) in [6.07, 6.45) is 6.05. The first-order valence-electron chi connectivity index (χ1n) is 11.7. The normalized spacial score (nSPS) is 19.8. The van der Waals surface area contributed by atoms with Gasteiger partial charge in [0.1, 0.15) is 5.82 Å². The van der Waals surface area contributed by atoms with E-state index in [4.69, 9.17) is 0 Å². The van der Waals surface area contributed by atoms with Crippen LogP contribution in [0.25, 0.3) is 0 Å². The summed E-state index contributed by atoms with van der Waals surface area (Å²) >= 11 is 1.94. The van der Waals surface area contributed by atoms with Crippen LogP contribution in [0.1, 0.15) is 60.6 Å². The third-order valence-corrected chi connectivity index (χ3v) is 8.10. The number of sulfonamides is 1. The largest absolute Gasteiger partial charge is 0.312 e. The summed E-state index contributed by atoms with van der Waals surface area (Å²) < 4.78 is 28.6. The number of hydrogen-bond acceptors (Lipinski definition) is 7. The second-order valence-corrected chi connectivity index (χ2v) is 12.5. The highest BCUT2D eigenvalue weighted by atomic mass is 32.2. The molecule has 0 saturated carbocycles. The number of piperidine rings is 1. The molecular weight excluding hydrogens is 444 g/mol. The highest BCUT2D eigenvalue weighted by Crippen LogP contribution is 2.25. The summed E-state index contributed by atoms with van der Waals surface area (Å²) in [7, 11) is -3.33. The fraction of sp³-hybridized carbons (Fsp3) is 0.727. The first-order valence-corrected chi connectivity index (χ1v) is 14.4. The van der Waals surface area contributed by atoms with Gasteiger partial charge in [-0.3, -0.25) is 9.80 Å². The summed E-state index contributed by atoms with van der Waals surface area (Å²) in [4.78, 5) is 7.92. The van der Waals surface area contributed by atoms with Gasteiger partial charge in [-0.05, 0) is 44.0 Å². The van der Waals surface area contributed by atoms with Crippen molar-refractivity contribution in [3.05, 3.63) is 33.5 Å². The summed E-state index contributed by atoms with van der Waals surface area (Å²) in [6, 6.07) is 4.21. The molecule has 178 valence electrons. The van der Waals surface area contributed by atoms with E-state index in [1.807, 2.05) is 25.2 Å². The molecule has 0 amide bonds. The molecule has 1 saturated heterocycles. The molecular formula is C22H36N6O2S2. The van der Waals surface area contributed by atoms with Gasteiger partial charge in [0, 0.05) is 48.9 Å². The first-order chi connectivity index (χ1) is 15.3. The molecule has 0 aliphatic carbocycles. The lowest BCUT2D eigenvalue weighted by atomic mass is 10.1. The van der Waals surface area contributed by atoms with Crippen molar-refractivity contribution in [3.8, 4) is 0 Å². The Labute approximate surface area is 196 Å². The van der Waals surface area contributed by atoms with Gasteiger partial charge >= 0.3 is 0 Å². The quantitative estimate of drug-likeness (QED) is 0.625. The summed E-state index contributed by atoms with van der Waals surface area (Å²) in [5, 5.41) is 8.79. The number of nitrogens with one attached hydrogen (secondary N) is 1. The molecule has 2 aliphatic heterocycles. The lowest BCUT2D eigenvalue weighted by Crippen LogP contribution is -2.33. The van der Waals surface area contributed by atoms with Crippen LogP contribution in [-0.4, -0.2) is 65.4 Å². The number of rotatable bonds is 8. The predicted molar refractivity (Wildman–Crippen MR) is 128 cm³/mol. The molecule has 0 aromatic carbocycles. The van der Waals surface area contributed by atoms with E-state index in [9.17, 15) is 8.42 Å². The third-order valence-electron chi connectivity index (χ3n) is 6.36. The van der Waals surface area contributed by atoms with E-state index >= 15 is 0 Å². The molecule has 0 radical (unpaired) electrons. The van der Waals surface area contributed by atoms with Crippen molar-refractivity contribution in [2.75, 3.05) is 32.4 Å². The molecule has 4 heterocycles. The van der Waals surface area contributed by atoms with E-state index in [0.29, 0.717) is 0 Å². The highest BCUT2D eigenvalue weighted by molar-refractivity contribution is 7.88. The Morgan fingerprint density at radius 2 is 1.62 bits per heavy atom. The maximum atomic E-state index is 11.9. The maximum Gasteiger partial charge on any atom is 0.209 e. The first kappa shape index (κ1) is 23.8. The number of fused-ring (bicyclic) bond motifs is 1. The zero-order valence-electron chi connectivity index (χ0n) is 19.5. The van der Waals surface area contributed by atoms with E-state index in [0.717, 1.165) is 50.8 Å². The molecule has 1 atom stereocenters. The lowest BCUT2D eigenvalue weighted by molar-refractivity contribution is 0.222. The van der Waals surface area contributed by atoms with Crippen molar-refractivity contribution in [2.45, 2.75) is 65.2 Å². The Balaban J connectivity index is 1.38. The Bertz CT molecular complexity index is 994. The minimum Gasteiger partial charge on any atom is -0.312 e. The van der Waals surface area contributed by atoms with Crippen LogP contribution in [0, 0.1) is 5.92 Å². The van der Waals surface area contributed by atoms with Gasteiger partial charge in [-0.25, -0.2) is 13.1 Å². The van der Waals surface area contributed by atoms with Crippen LogP contribution in [-0.2, 0) is 36.1 Å². The zero-order chi connectivity index (χ0) is 22.7. The van der Waals surface area contributed by atoms with Crippen LogP contribution in [0.5, 0.6) is 0 Å². The van der Waals surface area contributed by atoms with Crippen LogP contribution < -0.4 is 4.72 Å². The molecule has 4 rings (SSSR count). The van der Waals surface area contributed by atoms with Gasteiger partial charge in [0.05, 0.1) is 12.3 Å². The molecule has 10 heteroatoms. The van der Waals surface area contributed by atoms with Crippen LogP contribution >= 0.6 is 11.3 Å². The van der Waals surface area contributed by atoms with Gasteiger partial charge in [0.15, 0.2) is 5.82 Å². The Kier molecular flexibility index (Phi) is 7.66. The molecule has 2 aromatic rings. The fourth-order valence-corrected chi connectivity index (χ4v) is 6.59. The molecule has 1 unspecified atom stereocenters. The van der Waals surface area contributed by atoms with Crippen molar-refractivity contribution >= 4 is 21.4 Å². The summed E-state index contributed by atoms with van der Waals surface area (Å²) in [5.74, 6) is 1.75. The Morgan fingerprint density at radius 3 is 2.25 bits per heavy atom. The molecule has 1 fully saturated rings. The van der Waals surface area contributed by atoms with Crippen molar-refractivity contribution in [2.24, 2.45) is 5.92 Å². The molecule has 8 nitrogen and oxygen atoms in total. The van der Waals surface area contributed by atoms with Crippen LogP contribution in [0.15, 0.2) is 12.1 Å². The SMILES string of the molecule is CC(C)C(NS(C)(=O)=O)c1nnc2n1CCN(Cc1ccc(CN3CCCCC3)s1)CC2. The minimum absolute atomic E-state index is 0.0850. The van der Waals surface area contributed by atoms with Crippen molar-refractivity contribution in [1.82, 2.24) is 29.3 Å². The van der Waals surface area contributed by atoms with Crippen molar-refractivity contribution in [1.29, 1.82) is 0 Å². The number of aromatic nitrogens is 3. The molecule has 0 bridgehead atoms. The zero-order valence-corrected chi connectivity index (χ0v) is 21.1. The van der Waals surface area contributed by atoms with Gasteiger partial charge in [0.2, 0.25) is 10.0 Å². The standard InChI is InChI=1S/C22H36N6O2S2/c1-17(2)21(25-32(3,29)30)22-24-23-20-9-12-27(13-14-28(20)22)16-19-8-7-18(31-19)15-26-10-5-4-6-11-26/h7-8,17,21,25H,4-6,9-16H2,1-3H3. The molecule has 2 aliphatic rings. The average Bonchev–Trinajstić information content (AvgIpc) is 3.29. The fourth-order valence-electron chi connectivity index (χ4n) is 4.65. The van der Waals surface area contributed by atoms with Gasteiger partial charge < -0.3 is 4.57 Å². The lowest BCUT2D eigenvalue weighted by Gasteiger charge is -2.25. The monoisotopic (exact) mass is 480 g/mol. The number of likely N-dealkylation sites (tertiary alicyclic amines) is 1. The van der Waals surface area contributed by atoms with Gasteiger partial charge in [-0.1, -0.05) is 20.3 Å². The Morgan fingerprint density at radius 1 is 0.969 bits per heavy atom. The van der Waals surface area contributed by atoms with Gasteiger partial charge in [-0.2, -0.15) is 0 Å². The van der Waals surface area contributed by atoms with Gasteiger partial charge in [-0.15, -0.1) is 21.5 Å². The van der Waals surface area contributed by atoms with Crippen LogP contribution in [0.3, 0.4) is 0 Å². The molecule has 1 N–H and O–H groups in total. The van der Waals surface area contributed by atoms with E-state index in [1.165, 1.54) is 48.4 Å². The topological polar surface area (TPSA) is 83.4 Å². The Hall–Kier alpha value is -1.33. The number of thiophene rings is 1. The summed E-state index contributed by atoms with van der Waals surface area (Å²) in [5.41, 5.74) is 0. The average molecular weight is 481 g/mol. The molecule has 2 aromatic heterocycles. The number of nitrogens with zero attached hydrogens (tertiary/aromatic N) is 5. The van der Waals surface area contributed by atoms with Crippen LogP contribution in [0.4, 0.5) is 0 Å². The van der Waals surface area contributed by atoms with E-state index in [1.54, 1.807) is 0 Å².